The summed E-state index contributed by atoms with van der Waals surface area (Å²) in [5.74, 6) is -0.0275. The zero-order valence-electron chi connectivity index (χ0n) is 11.2. The minimum absolute atomic E-state index is 0.0275. The van der Waals surface area contributed by atoms with E-state index in [-0.39, 0.29) is 5.91 Å². The Morgan fingerprint density at radius 3 is 2.28 bits per heavy atom. The molecule has 1 fully saturated rings. The van der Waals surface area contributed by atoms with Crippen molar-refractivity contribution in [2.45, 2.75) is 20.8 Å². The van der Waals surface area contributed by atoms with Gasteiger partial charge >= 0.3 is 0 Å². The van der Waals surface area contributed by atoms with Crippen LogP contribution in [0.5, 0.6) is 0 Å². The van der Waals surface area contributed by atoms with Gasteiger partial charge in [-0.1, -0.05) is 0 Å². The molecule has 2 rings (SSSR count). The first kappa shape index (κ1) is 12.9. The predicted molar refractivity (Wildman–Crippen MR) is 73.3 cm³/mol. The lowest BCUT2D eigenvalue weighted by Crippen LogP contribution is -2.36. The standard InChI is InChI=1S/C14H20N2O2/c1-10-8-13(16-4-6-18-7-5-16)9-11(2)14(10)15-12(3)17/h8-9H,4-7H2,1-3H3,(H,15,17). The summed E-state index contributed by atoms with van der Waals surface area (Å²) >= 11 is 0. The second-order valence-electron chi connectivity index (χ2n) is 4.74. The average Bonchev–Trinajstić information content (AvgIpc) is 2.34. The highest BCUT2D eigenvalue weighted by atomic mass is 16.5. The van der Waals surface area contributed by atoms with Crippen molar-refractivity contribution >= 4 is 17.3 Å². The van der Waals surface area contributed by atoms with Crippen molar-refractivity contribution in [3.05, 3.63) is 23.3 Å². The van der Waals surface area contributed by atoms with E-state index in [2.05, 4.69) is 22.3 Å². The van der Waals surface area contributed by atoms with E-state index in [4.69, 9.17) is 4.74 Å². The Kier molecular flexibility index (Phi) is 3.87. The quantitative estimate of drug-likeness (QED) is 0.871. The lowest BCUT2D eigenvalue weighted by atomic mass is 10.1. The Bertz CT molecular complexity index is 428. The first-order chi connectivity index (χ1) is 8.58. The Morgan fingerprint density at radius 2 is 1.78 bits per heavy atom. The van der Waals surface area contributed by atoms with Crippen LogP contribution < -0.4 is 10.2 Å². The number of nitrogens with zero attached hydrogens (tertiary/aromatic N) is 1. The van der Waals surface area contributed by atoms with Crippen LogP contribution in [0.4, 0.5) is 11.4 Å². The van der Waals surface area contributed by atoms with Crippen LogP contribution in [-0.4, -0.2) is 32.2 Å². The van der Waals surface area contributed by atoms with Gasteiger partial charge in [0, 0.05) is 31.4 Å². The fourth-order valence-electron chi connectivity index (χ4n) is 2.32. The van der Waals surface area contributed by atoms with Gasteiger partial charge in [0.2, 0.25) is 5.91 Å². The number of hydrogen-bond donors (Lipinski definition) is 1. The molecule has 18 heavy (non-hydrogen) atoms. The molecular formula is C14H20N2O2. The number of morpholine rings is 1. The van der Waals surface area contributed by atoms with E-state index in [1.807, 2.05) is 13.8 Å². The summed E-state index contributed by atoms with van der Waals surface area (Å²) in [4.78, 5) is 13.5. The van der Waals surface area contributed by atoms with Gasteiger partial charge in [-0.05, 0) is 37.1 Å². The molecule has 0 radical (unpaired) electrons. The number of rotatable bonds is 2. The fraction of sp³-hybridized carbons (Fsp3) is 0.500. The molecule has 4 nitrogen and oxygen atoms in total. The molecule has 1 aromatic carbocycles. The summed E-state index contributed by atoms with van der Waals surface area (Å²) in [5.41, 5.74) is 4.35. The minimum Gasteiger partial charge on any atom is -0.378 e. The first-order valence-corrected chi connectivity index (χ1v) is 6.29. The van der Waals surface area contributed by atoms with Gasteiger partial charge in [-0.3, -0.25) is 4.79 Å². The monoisotopic (exact) mass is 248 g/mol. The Labute approximate surface area is 108 Å². The van der Waals surface area contributed by atoms with E-state index >= 15 is 0 Å². The number of hydrogen-bond acceptors (Lipinski definition) is 3. The Hall–Kier alpha value is -1.55. The molecule has 1 aliphatic heterocycles. The lowest BCUT2D eigenvalue weighted by molar-refractivity contribution is -0.114. The first-order valence-electron chi connectivity index (χ1n) is 6.29. The molecule has 0 aliphatic carbocycles. The molecule has 1 N–H and O–H groups in total. The third-order valence-electron chi connectivity index (χ3n) is 3.19. The van der Waals surface area contributed by atoms with Crippen molar-refractivity contribution in [1.82, 2.24) is 0 Å². The third-order valence-corrected chi connectivity index (χ3v) is 3.19. The Balaban J connectivity index is 2.26. The number of amides is 1. The van der Waals surface area contributed by atoms with Crippen LogP contribution in [0, 0.1) is 13.8 Å². The zero-order valence-corrected chi connectivity index (χ0v) is 11.2. The molecule has 1 aliphatic rings. The molecule has 4 heteroatoms. The van der Waals surface area contributed by atoms with Gasteiger partial charge in [0.1, 0.15) is 0 Å². The molecule has 1 saturated heterocycles. The molecular weight excluding hydrogens is 228 g/mol. The number of carbonyl (C=O) groups excluding carboxylic acids is 1. The van der Waals surface area contributed by atoms with Crippen molar-refractivity contribution in [3.63, 3.8) is 0 Å². The number of nitrogens with one attached hydrogen (secondary N) is 1. The number of anilines is 2. The average molecular weight is 248 g/mol. The summed E-state index contributed by atoms with van der Waals surface area (Å²) < 4.78 is 5.36. The van der Waals surface area contributed by atoms with Crippen molar-refractivity contribution in [2.75, 3.05) is 36.5 Å². The van der Waals surface area contributed by atoms with E-state index < -0.39 is 0 Å². The third kappa shape index (κ3) is 2.82. The van der Waals surface area contributed by atoms with E-state index in [9.17, 15) is 4.79 Å². The smallest absolute Gasteiger partial charge is 0.221 e. The summed E-state index contributed by atoms with van der Waals surface area (Å²) in [6.45, 7) is 9.02. The highest BCUT2D eigenvalue weighted by Gasteiger charge is 2.14. The molecule has 98 valence electrons. The van der Waals surface area contributed by atoms with Crippen molar-refractivity contribution in [3.8, 4) is 0 Å². The van der Waals surface area contributed by atoms with Crippen LogP contribution in [0.3, 0.4) is 0 Å². The molecule has 0 saturated carbocycles. The van der Waals surface area contributed by atoms with Crippen molar-refractivity contribution < 1.29 is 9.53 Å². The maximum Gasteiger partial charge on any atom is 0.221 e. The van der Waals surface area contributed by atoms with Crippen LogP contribution >= 0.6 is 0 Å². The highest BCUT2D eigenvalue weighted by Crippen LogP contribution is 2.27. The second-order valence-corrected chi connectivity index (χ2v) is 4.74. The van der Waals surface area contributed by atoms with Gasteiger partial charge in [0.05, 0.1) is 13.2 Å². The number of benzene rings is 1. The number of ether oxygens (including phenoxy) is 1. The molecule has 0 unspecified atom stereocenters. The van der Waals surface area contributed by atoms with E-state index in [1.54, 1.807) is 0 Å². The van der Waals surface area contributed by atoms with Crippen LogP contribution in [0.25, 0.3) is 0 Å². The molecule has 0 bridgehead atoms. The van der Waals surface area contributed by atoms with Gasteiger partial charge < -0.3 is 15.0 Å². The van der Waals surface area contributed by atoms with Gasteiger partial charge in [-0.25, -0.2) is 0 Å². The minimum atomic E-state index is -0.0275. The molecule has 1 heterocycles. The SMILES string of the molecule is CC(=O)Nc1c(C)cc(N2CCOCC2)cc1C. The van der Waals surface area contributed by atoms with Gasteiger partial charge in [-0.15, -0.1) is 0 Å². The van der Waals surface area contributed by atoms with E-state index in [0.717, 1.165) is 43.1 Å². The number of carbonyl (C=O) groups is 1. The molecule has 0 spiro atoms. The van der Waals surface area contributed by atoms with Crippen LogP contribution in [0.1, 0.15) is 18.1 Å². The lowest BCUT2D eigenvalue weighted by Gasteiger charge is -2.30. The Morgan fingerprint density at radius 1 is 1.22 bits per heavy atom. The zero-order chi connectivity index (χ0) is 13.1. The van der Waals surface area contributed by atoms with Gasteiger partial charge in [0.25, 0.3) is 0 Å². The number of aryl methyl sites for hydroxylation is 2. The summed E-state index contributed by atoms with van der Waals surface area (Å²) in [5, 5.41) is 2.89. The maximum absolute atomic E-state index is 11.2. The summed E-state index contributed by atoms with van der Waals surface area (Å²) in [6, 6.07) is 4.26. The van der Waals surface area contributed by atoms with Crippen molar-refractivity contribution in [1.29, 1.82) is 0 Å². The van der Waals surface area contributed by atoms with Crippen LogP contribution in [0.2, 0.25) is 0 Å². The van der Waals surface area contributed by atoms with Crippen LogP contribution in [-0.2, 0) is 9.53 Å². The van der Waals surface area contributed by atoms with Gasteiger partial charge in [-0.2, -0.15) is 0 Å². The topological polar surface area (TPSA) is 41.6 Å². The predicted octanol–water partition coefficient (Wildman–Crippen LogP) is 2.10. The van der Waals surface area contributed by atoms with E-state index in [0.29, 0.717) is 0 Å². The van der Waals surface area contributed by atoms with Gasteiger partial charge in [0.15, 0.2) is 0 Å². The second kappa shape index (κ2) is 5.40. The molecule has 0 atom stereocenters. The van der Waals surface area contributed by atoms with Crippen molar-refractivity contribution in [2.24, 2.45) is 0 Å². The van der Waals surface area contributed by atoms with E-state index in [1.165, 1.54) is 12.6 Å². The molecule has 0 aromatic heterocycles. The summed E-state index contributed by atoms with van der Waals surface area (Å²) in [7, 11) is 0. The highest BCUT2D eigenvalue weighted by molar-refractivity contribution is 5.91. The largest absolute Gasteiger partial charge is 0.378 e. The summed E-state index contributed by atoms with van der Waals surface area (Å²) in [6.07, 6.45) is 0. The molecule has 1 aromatic rings. The maximum atomic E-state index is 11.2. The normalized spacial score (nSPS) is 15.6. The molecule has 1 amide bonds. The van der Waals surface area contributed by atoms with Crippen LogP contribution in [0.15, 0.2) is 12.1 Å². The fourth-order valence-corrected chi connectivity index (χ4v) is 2.32.